The Morgan fingerprint density at radius 1 is 1.10 bits per heavy atom. The van der Waals surface area contributed by atoms with E-state index in [1.54, 1.807) is 14.2 Å². The molecule has 0 heterocycles. The van der Waals surface area contributed by atoms with Crippen LogP contribution in [0.5, 0.6) is 0 Å². The van der Waals surface area contributed by atoms with Crippen molar-refractivity contribution >= 4 is 0 Å². The lowest BCUT2D eigenvalue weighted by Crippen LogP contribution is -2.58. The summed E-state index contributed by atoms with van der Waals surface area (Å²) in [4.78, 5) is 2.47. The van der Waals surface area contributed by atoms with E-state index in [4.69, 9.17) is 15.2 Å². The SMILES string of the molecule is COCCN(CCOC)C1(CN)CCc2ccccc2C1. The Labute approximate surface area is 128 Å². The molecule has 0 saturated heterocycles. The average Bonchev–Trinajstić information content (AvgIpc) is 2.54. The molecule has 0 aromatic heterocycles. The van der Waals surface area contributed by atoms with Crippen molar-refractivity contribution in [2.24, 2.45) is 5.73 Å². The van der Waals surface area contributed by atoms with Crippen LogP contribution in [0.2, 0.25) is 0 Å². The van der Waals surface area contributed by atoms with Crippen LogP contribution in [-0.4, -0.2) is 57.5 Å². The standard InChI is InChI=1S/C17H28N2O2/c1-20-11-9-19(10-12-21-2)17(14-18)8-7-15-5-3-4-6-16(15)13-17/h3-6H,7-14,18H2,1-2H3. The van der Waals surface area contributed by atoms with Gasteiger partial charge in [0.25, 0.3) is 0 Å². The van der Waals surface area contributed by atoms with Gasteiger partial charge in [-0.15, -0.1) is 0 Å². The molecule has 0 saturated carbocycles. The molecule has 0 amide bonds. The molecule has 2 N–H and O–H groups in total. The van der Waals surface area contributed by atoms with E-state index in [0.717, 1.165) is 45.6 Å². The normalized spacial score (nSPS) is 21.5. The lowest BCUT2D eigenvalue weighted by atomic mass is 9.76. The number of ether oxygens (including phenoxy) is 2. The minimum Gasteiger partial charge on any atom is -0.383 e. The van der Waals surface area contributed by atoms with Gasteiger partial charge in [0.15, 0.2) is 0 Å². The van der Waals surface area contributed by atoms with Crippen LogP contribution < -0.4 is 5.73 Å². The number of rotatable bonds is 8. The summed E-state index contributed by atoms with van der Waals surface area (Å²) in [5, 5.41) is 0. The maximum absolute atomic E-state index is 6.22. The number of hydrogen-bond donors (Lipinski definition) is 1. The van der Waals surface area contributed by atoms with Crippen LogP contribution in [0.3, 0.4) is 0 Å². The Morgan fingerprint density at radius 2 is 1.71 bits per heavy atom. The molecule has 0 spiro atoms. The van der Waals surface area contributed by atoms with Crippen molar-refractivity contribution in [2.75, 3.05) is 47.1 Å². The van der Waals surface area contributed by atoms with Gasteiger partial charge < -0.3 is 15.2 Å². The van der Waals surface area contributed by atoms with Crippen LogP contribution in [-0.2, 0) is 22.3 Å². The van der Waals surface area contributed by atoms with Crippen LogP contribution in [0, 0.1) is 0 Å². The second kappa shape index (κ2) is 7.90. The first-order chi connectivity index (χ1) is 10.3. The second-order valence-electron chi connectivity index (χ2n) is 5.85. The third-order valence-electron chi connectivity index (χ3n) is 4.68. The first kappa shape index (κ1) is 16.4. The van der Waals surface area contributed by atoms with E-state index in [-0.39, 0.29) is 5.54 Å². The number of fused-ring (bicyclic) bond motifs is 1. The number of aryl methyl sites for hydroxylation is 1. The molecule has 0 aliphatic heterocycles. The third kappa shape index (κ3) is 3.83. The highest BCUT2D eigenvalue weighted by molar-refractivity contribution is 5.32. The van der Waals surface area contributed by atoms with Crippen molar-refractivity contribution in [3.05, 3.63) is 35.4 Å². The number of benzene rings is 1. The lowest BCUT2D eigenvalue weighted by molar-refractivity contribution is 0.0286. The highest BCUT2D eigenvalue weighted by atomic mass is 16.5. The summed E-state index contributed by atoms with van der Waals surface area (Å²) in [5.74, 6) is 0. The van der Waals surface area contributed by atoms with Crippen molar-refractivity contribution in [1.29, 1.82) is 0 Å². The zero-order valence-corrected chi connectivity index (χ0v) is 13.3. The molecule has 4 heteroatoms. The van der Waals surface area contributed by atoms with E-state index in [1.807, 2.05) is 0 Å². The fraction of sp³-hybridized carbons (Fsp3) is 0.647. The van der Waals surface area contributed by atoms with Crippen molar-refractivity contribution in [2.45, 2.75) is 24.8 Å². The number of methoxy groups -OCH3 is 2. The number of nitrogens with two attached hydrogens (primary N) is 1. The zero-order chi connectivity index (χ0) is 15.1. The highest BCUT2D eigenvalue weighted by Crippen LogP contribution is 2.32. The predicted molar refractivity (Wildman–Crippen MR) is 85.6 cm³/mol. The van der Waals surface area contributed by atoms with Crippen LogP contribution in [0.15, 0.2) is 24.3 Å². The van der Waals surface area contributed by atoms with Crippen LogP contribution in [0.4, 0.5) is 0 Å². The second-order valence-corrected chi connectivity index (χ2v) is 5.85. The zero-order valence-electron chi connectivity index (χ0n) is 13.3. The van der Waals surface area contributed by atoms with E-state index in [0.29, 0.717) is 6.54 Å². The first-order valence-electron chi connectivity index (χ1n) is 7.75. The van der Waals surface area contributed by atoms with E-state index in [1.165, 1.54) is 11.1 Å². The summed E-state index contributed by atoms with van der Waals surface area (Å²) in [6.07, 6.45) is 3.23. The van der Waals surface area contributed by atoms with Gasteiger partial charge >= 0.3 is 0 Å². The Balaban J connectivity index is 2.18. The van der Waals surface area contributed by atoms with Gasteiger partial charge in [0, 0.05) is 39.4 Å². The molecule has 21 heavy (non-hydrogen) atoms. The molecule has 0 radical (unpaired) electrons. The topological polar surface area (TPSA) is 47.7 Å². The summed E-state index contributed by atoms with van der Waals surface area (Å²) in [6.45, 7) is 3.94. The molecule has 1 aromatic rings. The van der Waals surface area contributed by atoms with Gasteiger partial charge in [-0.2, -0.15) is 0 Å². The summed E-state index contributed by atoms with van der Waals surface area (Å²) in [5.41, 5.74) is 9.16. The fourth-order valence-electron chi connectivity index (χ4n) is 3.35. The monoisotopic (exact) mass is 292 g/mol. The van der Waals surface area contributed by atoms with Gasteiger partial charge in [-0.1, -0.05) is 24.3 Å². The van der Waals surface area contributed by atoms with Gasteiger partial charge in [-0.3, -0.25) is 4.90 Å². The van der Waals surface area contributed by atoms with Gasteiger partial charge in [-0.05, 0) is 30.4 Å². The Kier molecular flexibility index (Phi) is 6.18. The molecule has 2 rings (SSSR count). The first-order valence-corrected chi connectivity index (χ1v) is 7.75. The predicted octanol–water partition coefficient (Wildman–Crippen LogP) is 1.47. The Bertz CT molecular complexity index is 431. The van der Waals surface area contributed by atoms with E-state index < -0.39 is 0 Å². The average molecular weight is 292 g/mol. The molecular formula is C17H28N2O2. The molecule has 4 nitrogen and oxygen atoms in total. The summed E-state index contributed by atoms with van der Waals surface area (Å²) >= 11 is 0. The van der Waals surface area contributed by atoms with Gasteiger partial charge in [0.2, 0.25) is 0 Å². The third-order valence-corrected chi connectivity index (χ3v) is 4.68. The smallest absolute Gasteiger partial charge is 0.0589 e. The van der Waals surface area contributed by atoms with Crippen molar-refractivity contribution < 1.29 is 9.47 Å². The highest BCUT2D eigenvalue weighted by Gasteiger charge is 2.38. The number of nitrogens with zero attached hydrogens (tertiary/aromatic N) is 1. The van der Waals surface area contributed by atoms with Crippen molar-refractivity contribution in [1.82, 2.24) is 4.90 Å². The van der Waals surface area contributed by atoms with Gasteiger partial charge in [0.05, 0.1) is 13.2 Å². The van der Waals surface area contributed by atoms with E-state index in [9.17, 15) is 0 Å². The van der Waals surface area contributed by atoms with Gasteiger partial charge in [-0.25, -0.2) is 0 Å². The summed E-state index contributed by atoms with van der Waals surface area (Å²) in [7, 11) is 3.50. The van der Waals surface area contributed by atoms with Gasteiger partial charge in [0.1, 0.15) is 0 Å². The van der Waals surface area contributed by atoms with Crippen LogP contribution >= 0.6 is 0 Å². The maximum Gasteiger partial charge on any atom is 0.0589 e. The summed E-state index contributed by atoms with van der Waals surface area (Å²) in [6, 6.07) is 8.73. The Morgan fingerprint density at radius 3 is 2.29 bits per heavy atom. The number of hydrogen-bond acceptors (Lipinski definition) is 4. The molecular weight excluding hydrogens is 264 g/mol. The maximum atomic E-state index is 6.22. The van der Waals surface area contributed by atoms with E-state index in [2.05, 4.69) is 29.2 Å². The lowest BCUT2D eigenvalue weighted by Gasteiger charge is -2.46. The molecule has 1 aromatic carbocycles. The van der Waals surface area contributed by atoms with Crippen LogP contribution in [0.25, 0.3) is 0 Å². The molecule has 1 aliphatic rings. The minimum atomic E-state index is 0.0331. The fourth-order valence-corrected chi connectivity index (χ4v) is 3.35. The largest absolute Gasteiger partial charge is 0.383 e. The summed E-state index contributed by atoms with van der Waals surface area (Å²) < 4.78 is 10.6. The molecule has 1 atom stereocenters. The molecule has 0 fully saturated rings. The minimum absolute atomic E-state index is 0.0331. The molecule has 0 bridgehead atoms. The molecule has 1 aliphatic carbocycles. The van der Waals surface area contributed by atoms with Crippen molar-refractivity contribution in [3.8, 4) is 0 Å². The van der Waals surface area contributed by atoms with E-state index >= 15 is 0 Å². The van der Waals surface area contributed by atoms with Crippen LogP contribution in [0.1, 0.15) is 17.5 Å². The van der Waals surface area contributed by atoms with Crippen molar-refractivity contribution in [3.63, 3.8) is 0 Å². The molecule has 118 valence electrons. The molecule has 1 unspecified atom stereocenters. The Hall–Kier alpha value is -0.940. The quantitative estimate of drug-likeness (QED) is 0.788.